The van der Waals surface area contributed by atoms with Crippen LogP contribution in [0.3, 0.4) is 0 Å². The van der Waals surface area contributed by atoms with Crippen LogP contribution >= 0.6 is 15.9 Å². The van der Waals surface area contributed by atoms with E-state index in [1.54, 1.807) is 31.6 Å². The first-order chi connectivity index (χ1) is 10.2. The molecule has 0 bridgehead atoms. The van der Waals surface area contributed by atoms with E-state index < -0.39 is 5.82 Å². The summed E-state index contributed by atoms with van der Waals surface area (Å²) in [5, 5.41) is 3.17. The second-order valence-electron chi connectivity index (χ2n) is 4.34. The number of halogens is 2. The Morgan fingerprint density at radius 3 is 2.95 bits per heavy atom. The van der Waals surface area contributed by atoms with E-state index >= 15 is 0 Å². The van der Waals surface area contributed by atoms with Crippen LogP contribution in [0.5, 0.6) is 11.5 Å². The van der Waals surface area contributed by atoms with Crippen LogP contribution in [0.4, 0.5) is 4.39 Å². The lowest BCUT2D eigenvalue weighted by atomic mass is 10.2. The number of aromatic nitrogens is 1. The van der Waals surface area contributed by atoms with Crippen molar-refractivity contribution < 1.29 is 13.9 Å². The number of para-hydroxylation sites is 1. The molecule has 4 nitrogen and oxygen atoms in total. The Labute approximate surface area is 131 Å². The number of benzene rings is 1. The molecule has 0 aliphatic heterocycles. The van der Waals surface area contributed by atoms with Gasteiger partial charge in [0.1, 0.15) is 5.75 Å². The standard InChI is InChI=1S/C15H16BrFN2O2/c1-20-6-5-18-8-11-3-2-4-14(17)15(11)21-13-7-12(16)9-19-10-13/h2-4,7,9-10,18H,5-6,8H2,1H3. The van der Waals surface area contributed by atoms with Crippen LogP contribution in [-0.4, -0.2) is 25.2 Å². The van der Waals surface area contributed by atoms with Crippen LogP contribution in [0, 0.1) is 5.82 Å². The average Bonchev–Trinajstić information content (AvgIpc) is 2.47. The number of ether oxygens (including phenoxy) is 2. The summed E-state index contributed by atoms with van der Waals surface area (Å²) in [6, 6.07) is 6.60. The van der Waals surface area contributed by atoms with E-state index in [-0.39, 0.29) is 5.75 Å². The molecule has 0 saturated carbocycles. The first-order valence-electron chi connectivity index (χ1n) is 6.46. The third-order valence-electron chi connectivity index (χ3n) is 2.75. The zero-order valence-corrected chi connectivity index (χ0v) is 13.2. The average molecular weight is 355 g/mol. The molecule has 0 aliphatic rings. The van der Waals surface area contributed by atoms with Gasteiger partial charge in [-0.05, 0) is 28.1 Å². The van der Waals surface area contributed by atoms with Gasteiger partial charge < -0.3 is 14.8 Å². The van der Waals surface area contributed by atoms with E-state index in [4.69, 9.17) is 9.47 Å². The van der Waals surface area contributed by atoms with Crippen molar-refractivity contribution in [2.45, 2.75) is 6.54 Å². The Kier molecular flexibility index (Phi) is 6.10. The summed E-state index contributed by atoms with van der Waals surface area (Å²) in [7, 11) is 1.64. The topological polar surface area (TPSA) is 43.4 Å². The van der Waals surface area contributed by atoms with E-state index in [1.165, 1.54) is 6.07 Å². The number of methoxy groups -OCH3 is 1. The molecule has 2 rings (SSSR count). The number of rotatable bonds is 7. The maximum Gasteiger partial charge on any atom is 0.167 e. The first-order valence-corrected chi connectivity index (χ1v) is 7.25. The van der Waals surface area contributed by atoms with E-state index in [2.05, 4.69) is 26.2 Å². The highest BCUT2D eigenvalue weighted by atomic mass is 79.9. The smallest absolute Gasteiger partial charge is 0.167 e. The van der Waals surface area contributed by atoms with Gasteiger partial charge >= 0.3 is 0 Å². The normalized spacial score (nSPS) is 10.6. The Morgan fingerprint density at radius 1 is 1.33 bits per heavy atom. The lowest BCUT2D eigenvalue weighted by molar-refractivity contribution is 0.199. The lowest BCUT2D eigenvalue weighted by Crippen LogP contribution is -2.19. The Bertz CT molecular complexity index is 596. The number of hydrogen-bond donors (Lipinski definition) is 1. The van der Waals surface area contributed by atoms with Gasteiger partial charge in [-0.1, -0.05) is 12.1 Å². The summed E-state index contributed by atoms with van der Waals surface area (Å²) in [5.74, 6) is 0.288. The molecule has 0 amide bonds. The quantitative estimate of drug-likeness (QED) is 0.772. The third kappa shape index (κ3) is 4.77. The monoisotopic (exact) mass is 354 g/mol. The van der Waals surface area contributed by atoms with Gasteiger partial charge in [-0.2, -0.15) is 0 Å². The summed E-state index contributed by atoms with van der Waals surface area (Å²) in [6.45, 7) is 1.78. The molecule has 112 valence electrons. The number of pyridine rings is 1. The predicted octanol–water partition coefficient (Wildman–Crippen LogP) is 3.51. The van der Waals surface area contributed by atoms with Crippen LogP contribution in [0.15, 0.2) is 41.1 Å². The van der Waals surface area contributed by atoms with Crippen molar-refractivity contribution in [3.05, 3.63) is 52.5 Å². The number of nitrogens with zero attached hydrogens (tertiary/aromatic N) is 1. The first kappa shape index (κ1) is 15.9. The molecule has 1 N–H and O–H groups in total. The molecule has 0 spiro atoms. The van der Waals surface area contributed by atoms with Crippen molar-refractivity contribution in [1.29, 1.82) is 0 Å². The highest BCUT2D eigenvalue weighted by Crippen LogP contribution is 2.29. The zero-order chi connectivity index (χ0) is 15.1. The van der Waals surface area contributed by atoms with Crippen LogP contribution in [-0.2, 0) is 11.3 Å². The number of hydrogen-bond acceptors (Lipinski definition) is 4. The van der Waals surface area contributed by atoms with Crippen LogP contribution < -0.4 is 10.1 Å². The molecular weight excluding hydrogens is 339 g/mol. The van der Waals surface area contributed by atoms with Crippen molar-refractivity contribution in [2.75, 3.05) is 20.3 Å². The second-order valence-corrected chi connectivity index (χ2v) is 5.25. The second kappa shape index (κ2) is 8.07. The van der Waals surface area contributed by atoms with E-state index in [0.717, 1.165) is 10.0 Å². The van der Waals surface area contributed by atoms with Crippen LogP contribution in [0.25, 0.3) is 0 Å². The molecule has 1 heterocycles. The maximum absolute atomic E-state index is 14.0. The highest BCUT2D eigenvalue weighted by molar-refractivity contribution is 9.10. The fraction of sp³-hybridized carbons (Fsp3) is 0.267. The fourth-order valence-electron chi connectivity index (χ4n) is 1.77. The van der Waals surface area contributed by atoms with Crippen molar-refractivity contribution in [3.63, 3.8) is 0 Å². The van der Waals surface area contributed by atoms with E-state index in [1.807, 2.05) is 6.07 Å². The molecule has 21 heavy (non-hydrogen) atoms. The number of nitrogens with one attached hydrogen (secondary N) is 1. The summed E-state index contributed by atoms with van der Waals surface area (Å²) in [6.07, 6.45) is 3.18. The van der Waals surface area contributed by atoms with Crippen molar-refractivity contribution in [3.8, 4) is 11.5 Å². The molecule has 1 aromatic heterocycles. The SMILES string of the molecule is COCCNCc1cccc(F)c1Oc1cncc(Br)c1. The molecule has 2 aromatic rings. The van der Waals surface area contributed by atoms with Crippen LogP contribution in [0.2, 0.25) is 0 Å². The van der Waals surface area contributed by atoms with Gasteiger partial charge in [-0.15, -0.1) is 0 Å². The van der Waals surface area contributed by atoms with Crippen molar-refractivity contribution in [1.82, 2.24) is 10.3 Å². The summed E-state index contributed by atoms with van der Waals surface area (Å²) >= 11 is 3.31. The zero-order valence-electron chi connectivity index (χ0n) is 11.6. The predicted molar refractivity (Wildman–Crippen MR) is 82.0 cm³/mol. The minimum atomic E-state index is -0.402. The van der Waals surface area contributed by atoms with Crippen LogP contribution in [0.1, 0.15) is 5.56 Å². The summed E-state index contributed by atoms with van der Waals surface area (Å²) < 4.78 is 25.4. The molecule has 0 fully saturated rings. The van der Waals surface area contributed by atoms with Gasteiger partial charge in [0.15, 0.2) is 11.6 Å². The van der Waals surface area contributed by atoms with Gasteiger partial charge in [-0.3, -0.25) is 4.98 Å². The van der Waals surface area contributed by atoms with Gasteiger partial charge in [0.2, 0.25) is 0 Å². The summed E-state index contributed by atoms with van der Waals surface area (Å²) in [5.41, 5.74) is 0.742. The van der Waals surface area contributed by atoms with E-state index in [9.17, 15) is 4.39 Å². The van der Waals surface area contributed by atoms with Gasteiger partial charge in [0, 0.05) is 36.4 Å². The molecule has 0 saturated heterocycles. The maximum atomic E-state index is 14.0. The Hall–Kier alpha value is -1.50. The molecule has 0 atom stereocenters. The van der Waals surface area contributed by atoms with Gasteiger partial charge in [-0.25, -0.2) is 4.39 Å². The molecule has 0 unspecified atom stereocenters. The highest BCUT2D eigenvalue weighted by Gasteiger charge is 2.11. The molecule has 0 radical (unpaired) electrons. The van der Waals surface area contributed by atoms with E-state index in [0.29, 0.717) is 25.4 Å². The van der Waals surface area contributed by atoms with Gasteiger partial charge in [0.25, 0.3) is 0 Å². The molecule has 6 heteroatoms. The molecular formula is C15H16BrFN2O2. The molecule has 1 aromatic carbocycles. The third-order valence-corrected chi connectivity index (χ3v) is 3.18. The van der Waals surface area contributed by atoms with Crippen molar-refractivity contribution in [2.24, 2.45) is 0 Å². The minimum Gasteiger partial charge on any atom is -0.452 e. The largest absolute Gasteiger partial charge is 0.452 e. The Morgan fingerprint density at radius 2 is 2.19 bits per heavy atom. The molecule has 0 aliphatic carbocycles. The van der Waals surface area contributed by atoms with Crippen molar-refractivity contribution >= 4 is 15.9 Å². The lowest BCUT2D eigenvalue weighted by Gasteiger charge is -2.12. The van der Waals surface area contributed by atoms with Gasteiger partial charge in [0.05, 0.1) is 12.8 Å². The minimum absolute atomic E-state index is 0.210. The fourth-order valence-corrected chi connectivity index (χ4v) is 2.11. The Balaban J connectivity index is 2.13. The summed E-state index contributed by atoms with van der Waals surface area (Å²) in [4.78, 5) is 4.00.